The van der Waals surface area contributed by atoms with Gasteiger partial charge in [-0.25, -0.2) is 0 Å². The Kier molecular flexibility index (Phi) is 4.99. The van der Waals surface area contributed by atoms with Gasteiger partial charge in [-0.15, -0.1) is 11.1 Å². The zero-order valence-corrected chi connectivity index (χ0v) is 17.6. The van der Waals surface area contributed by atoms with Crippen LogP contribution in [0.25, 0.3) is 0 Å². The Balaban J connectivity index is 0.00000180. The van der Waals surface area contributed by atoms with Gasteiger partial charge in [-0.3, -0.25) is 0 Å². The van der Waals surface area contributed by atoms with Crippen LogP contribution < -0.4 is 4.74 Å². The second-order valence-corrected chi connectivity index (χ2v) is 6.40. The van der Waals surface area contributed by atoms with Crippen LogP contribution in [-0.4, -0.2) is 0 Å². The molecule has 27 heavy (non-hydrogen) atoms. The van der Waals surface area contributed by atoms with Crippen LogP contribution in [0.4, 0.5) is 0 Å². The third kappa shape index (κ3) is 2.77. The molecule has 0 aromatic heterocycles. The van der Waals surface area contributed by atoms with Crippen LogP contribution in [0.15, 0.2) is 97.1 Å². The molecule has 1 radical (unpaired) electrons. The maximum absolute atomic E-state index is 6.25. The van der Waals surface area contributed by atoms with Gasteiger partial charge in [0, 0.05) is 49.3 Å². The summed E-state index contributed by atoms with van der Waals surface area (Å²) in [6, 6.07) is 39.9. The summed E-state index contributed by atoms with van der Waals surface area (Å²) in [5, 5.41) is 0. The molecular formula is C25H16OY-2. The Labute approximate surface area is 184 Å². The first-order valence-corrected chi connectivity index (χ1v) is 8.72. The maximum atomic E-state index is 6.25. The molecule has 0 saturated carbocycles. The first-order chi connectivity index (χ1) is 12.9. The van der Waals surface area contributed by atoms with Gasteiger partial charge in [0.15, 0.2) is 0 Å². The van der Waals surface area contributed by atoms with Gasteiger partial charge in [-0.2, -0.15) is 60.7 Å². The maximum Gasteiger partial charge on any atom is 0.132 e. The van der Waals surface area contributed by atoms with E-state index in [1.54, 1.807) is 0 Å². The minimum Gasteiger partial charge on any atom is -0.457 e. The van der Waals surface area contributed by atoms with E-state index in [2.05, 4.69) is 60.7 Å². The standard InChI is InChI=1S/C25H16O.Y/c1-3-11-19(12-4-1)25(20-13-5-2-6-14-20)21-15-7-9-17-23(21)26-24-18-10-8-16-22(24)25;/h1-11,13,15-18H;/q-2;. The summed E-state index contributed by atoms with van der Waals surface area (Å²) in [5.74, 6) is 1.75. The van der Waals surface area contributed by atoms with Crippen molar-refractivity contribution in [2.75, 3.05) is 0 Å². The van der Waals surface area contributed by atoms with Crippen molar-refractivity contribution in [2.45, 2.75) is 5.41 Å². The first-order valence-electron chi connectivity index (χ1n) is 8.72. The van der Waals surface area contributed by atoms with E-state index < -0.39 is 5.41 Å². The number of para-hydroxylation sites is 2. The predicted molar refractivity (Wildman–Crippen MR) is 102 cm³/mol. The van der Waals surface area contributed by atoms with Crippen molar-refractivity contribution >= 4 is 0 Å². The minimum absolute atomic E-state index is 0. The second kappa shape index (κ2) is 7.42. The van der Waals surface area contributed by atoms with Gasteiger partial charge in [-0.05, 0) is 12.1 Å². The fourth-order valence-electron chi connectivity index (χ4n) is 3.97. The van der Waals surface area contributed by atoms with Crippen LogP contribution in [0.2, 0.25) is 0 Å². The normalized spacial score (nSPS) is 13.5. The Hall–Kier alpha value is -2.22. The van der Waals surface area contributed by atoms with Crippen LogP contribution in [-0.2, 0) is 38.1 Å². The van der Waals surface area contributed by atoms with Crippen LogP contribution in [0.5, 0.6) is 11.5 Å². The summed E-state index contributed by atoms with van der Waals surface area (Å²) in [4.78, 5) is 0. The molecule has 0 unspecified atom stereocenters. The van der Waals surface area contributed by atoms with E-state index in [1.807, 2.05) is 48.5 Å². The average molecular weight is 421 g/mol. The largest absolute Gasteiger partial charge is 0.457 e. The summed E-state index contributed by atoms with van der Waals surface area (Å²) in [5.41, 5.74) is 3.90. The Bertz CT molecular complexity index is 971. The average Bonchev–Trinajstić information content (AvgIpc) is 2.73. The molecule has 0 aliphatic carbocycles. The molecule has 0 spiro atoms. The summed E-state index contributed by atoms with van der Waals surface area (Å²) in [7, 11) is 0. The van der Waals surface area contributed by atoms with E-state index in [4.69, 9.17) is 4.74 Å². The van der Waals surface area contributed by atoms with Crippen molar-refractivity contribution in [3.8, 4) is 11.5 Å². The smallest absolute Gasteiger partial charge is 0.132 e. The zero-order valence-electron chi connectivity index (χ0n) is 14.7. The van der Waals surface area contributed by atoms with Crippen LogP contribution >= 0.6 is 0 Å². The van der Waals surface area contributed by atoms with Gasteiger partial charge in [0.2, 0.25) is 0 Å². The Morgan fingerprint density at radius 3 is 1.44 bits per heavy atom. The van der Waals surface area contributed by atoms with Crippen molar-refractivity contribution in [1.82, 2.24) is 0 Å². The van der Waals surface area contributed by atoms with Crippen molar-refractivity contribution < 1.29 is 37.4 Å². The predicted octanol–water partition coefficient (Wildman–Crippen LogP) is 5.77. The van der Waals surface area contributed by atoms with Gasteiger partial charge < -0.3 is 4.74 Å². The third-order valence-electron chi connectivity index (χ3n) is 5.03. The molecule has 4 aromatic rings. The van der Waals surface area contributed by atoms with E-state index in [-0.39, 0.29) is 32.7 Å². The molecular weight excluding hydrogens is 405 g/mol. The molecule has 0 fully saturated rings. The first kappa shape index (κ1) is 18.2. The molecule has 1 aliphatic rings. The molecule has 5 rings (SSSR count). The monoisotopic (exact) mass is 421 g/mol. The molecule has 1 nitrogen and oxygen atoms in total. The minimum atomic E-state index is -0.506. The van der Waals surface area contributed by atoms with E-state index >= 15 is 0 Å². The molecule has 0 amide bonds. The number of hydrogen-bond acceptors (Lipinski definition) is 1. The fourth-order valence-corrected chi connectivity index (χ4v) is 3.97. The van der Waals surface area contributed by atoms with Gasteiger partial charge in [0.05, 0.1) is 0 Å². The van der Waals surface area contributed by atoms with Gasteiger partial charge in [-0.1, -0.05) is 36.4 Å². The number of hydrogen-bond donors (Lipinski definition) is 0. The topological polar surface area (TPSA) is 9.23 Å². The molecule has 2 heteroatoms. The molecule has 1 aliphatic heterocycles. The molecule has 1 heterocycles. The Morgan fingerprint density at radius 2 is 1.00 bits per heavy atom. The van der Waals surface area contributed by atoms with E-state index in [0.29, 0.717) is 0 Å². The fraction of sp³-hybridized carbons (Fsp3) is 0.0400. The van der Waals surface area contributed by atoms with Crippen LogP contribution in [0.1, 0.15) is 22.3 Å². The number of rotatable bonds is 2. The summed E-state index contributed by atoms with van der Waals surface area (Å²) in [6.45, 7) is 0. The van der Waals surface area contributed by atoms with Crippen molar-refractivity contribution in [3.05, 3.63) is 131 Å². The van der Waals surface area contributed by atoms with Crippen LogP contribution in [0.3, 0.4) is 0 Å². The number of ether oxygens (including phenoxy) is 1. The molecule has 127 valence electrons. The zero-order chi connectivity index (χ0) is 17.4. The van der Waals surface area contributed by atoms with Crippen molar-refractivity contribution in [2.24, 2.45) is 0 Å². The van der Waals surface area contributed by atoms with Gasteiger partial charge >= 0.3 is 0 Å². The molecule has 0 N–H and O–H groups in total. The second-order valence-electron chi connectivity index (χ2n) is 6.40. The van der Waals surface area contributed by atoms with E-state index in [9.17, 15) is 0 Å². The number of fused-ring (bicyclic) bond motifs is 2. The third-order valence-corrected chi connectivity index (χ3v) is 5.03. The summed E-state index contributed by atoms with van der Waals surface area (Å²) in [6.07, 6.45) is 0. The van der Waals surface area contributed by atoms with Gasteiger partial charge in [0.1, 0.15) is 11.5 Å². The number of benzene rings is 4. The molecule has 0 saturated heterocycles. The van der Waals surface area contributed by atoms with Crippen molar-refractivity contribution in [3.63, 3.8) is 0 Å². The quantitative estimate of drug-likeness (QED) is 0.329. The van der Waals surface area contributed by atoms with Gasteiger partial charge in [0.25, 0.3) is 0 Å². The molecule has 0 atom stereocenters. The van der Waals surface area contributed by atoms with Crippen LogP contribution in [0, 0.1) is 12.1 Å². The van der Waals surface area contributed by atoms with Crippen molar-refractivity contribution in [1.29, 1.82) is 0 Å². The SMILES string of the molecule is [Y].[c-]1ccccc1C1(c2[c-]cccc2)c2ccccc2Oc2ccccc21. The summed E-state index contributed by atoms with van der Waals surface area (Å²) < 4.78 is 6.25. The van der Waals surface area contributed by atoms with E-state index in [1.165, 1.54) is 0 Å². The molecule has 4 aromatic carbocycles. The molecule has 0 bridgehead atoms. The van der Waals surface area contributed by atoms with E-state index in [0.717, 1.165) is 33.8 Å². The summed E-state index contributed by atoms with van der Waals surface area (Å²) >= 11 is 0. The Morgan fingerprint density at radius 1 is 0.556 bits per heavy atom.